The van der Waals surface area contributed by atoms with Crippen LogP contribution in [-0.2, 0) is 60.8 Å². The molecule has 0 radical (unpaired) electrons. The summed E-state index contributed by atoms with van der Waals surface area (Å²) in [5, 5.41) is 1.22. The maximum absolute atomic E-state index is 14.0. The summed E-state index contributed by atoms with van der Waals surface area (Å²) < 4.78 is 45.5. The Morgan fingerprint density at radius 2 is 0.969 bits per heavy atom. The molecule has 0 bridgehead atoms. The van der Waals surface area contributed by atoms with Crippen LogP contribution in [0.3, 0.4) is 0 Å². The summed E-state index contributed by atoms with van der Waals surface area (Å²) in [7, 11) is 5.18. The summed E-state index contributed by atoms with van der Waals surface area (Å²) in [6.07, 6.45) is 0. The topological polar surface area (TPSA) is 142 Å². The second-order valence-electron chi connectivity index (χ2n) is 14.3. The minimum atomic E-state index is -0.783. The van der Waals surface area contributed by atoms with Gasteiger partial charge in [-0.05, 0) is 68.9 Å². The number of hydrogen-bond donors (Lipinski definition) is 0. The van der Waals surface area contributed by atoms with Gasteiger partial charge in [-0.25, -0.2) is 19.2 Å². The van der Waals surface area contributed by atoms with Crippen molar-refractivity contribution in [1.29, 1.82) is 0 Å². The second kappa shape index (κ2) is 18.7. The molecule has 0 spiro atoms. The molecule has 0 aliphatic carbocycles. The van der Waals surface area contributed by atoms with E-state index < -0.39 is 23.9 Å². The van der Waals surface area contributed by atoms with E-state index in [9.17, 15) is 19.2 Å². The van der Waals surface area contributed by atoms with Crippen molar-refractivity contribution in [2.24, 2.45) is 0 Å². The van der Waals surface area contributed by atoms with Crippen LogP contribution in [0, 0.1) is 0 Å². The first kappa shape index (κ1) is 42.3. The van der Waals surface area contributed by atoms with Crippen LogP contribution in [0.5, 0.6) is 11.5 Å². The Balaban J connectivity index is 1.18. The van der Waals surface area contributed by atoms with E-state index in [1.165, 1.54) is 28.4 Å². The zero-order valence-corrected chi connectivity index (χ0v) is 35.2. The molecule has 0 amide bonds. The molecule has 8 rings (SSSR count). The van der Waals surface area contributed by atoms with Crippen LogP contribution in [0.1, 0.15) is 33.4 Å². The third-order valence-electron chi connectivity index (χ3n) is 10.5. The first-order valence-electron chi connectivity index (χ1n) is 20.0. The summed E-state index contributed by atoms with van der Waals surface area (Å²) in [6.45, 7) is 0.683. The van der Waals surface area contributed by atoms with Crippen molar-refractivity contribution in [2.45, 2.75) is 13.2 Å². The fraction of sp³-hybridized carbons (Fsp3) is 0.115. The molecule has 64 heavy (non-hydrogen) atoms. The Hall–Kier alpha value is -8.38. The predicted molar refractivity (Wildman–Crippen MR) is 236 cm³/mol. The van der Waals surface area contributed by atoms with E-state index in [1.54, 1.807) is 78.9 Å². The monoisotopic (exact) mass is 856 g/mol. The van der Waals surface area contributed by atoms with E-state index in [2.05, 4.69) is 0 Å². The van der Waals surface area contributed by atoms with Crippen molar-refractivity contribution in [3.63, 3.8) is 0 Å². The maximum atomic E-state index is 14.0. The van der Waals surface area contributed by atoms with Crippen LogP contribution in [0.25, 0.3) is 33.1 Å². The number of methoxy groups -OCH3 is 4. The molecule has 6 aromatic rings. The summed E-state index contributed by atoms with van der Waals surface area (Å²) in [5.74, 6) is -2.26. The first-order valence-corrected chi connectivity index (χ1v) is 20.0. The third-order valence-corrected chi connectivity index (χ3v) is 10.5. The average molecular weight is 857 g/mol. The van der Waals surface area contributed by atoms with E-state index >= 15 is 0 Å². The average Bonchev–Trinajstić information content (AvgIpc) is 3.85. The van der Waals surface area contributed by atoms with Crippen molar-refractivity contribution >= 4 is 56.9 Å². The SMILES string of the molecule is COC(=O)/C(=C1/OC(=O)C(c2ccc3cccc(C4=C(OC)/C(=C(\C(=O)OC)c5ccc(OCc6ccccc6)cc5)OC4=O)c3c2)=C1OC)c1ccc(OCc2ccccc2)cc1. The zero-order chi connectivity index (χ0) is 44.7. The Kier molecular flexibility index (Phi) is 12.4. The standard InChI is InChI=1S/C52H40O12/c1-57-45-43(51(55)63-47(45)41(49(53)59-3)34-20-24-37(25-21-34)61-29-31-12-7-5-8-13-31)36-19-18-33-16-11-17-39(40(33)28-36)44-46(58-2)48(64-52(44)56)42(50(54)60-4)35-22-26-38(27-23-35)62-30-32-14-9-6-10-15-32/h5-28H,29-30H2,1-4H3/b47-41+,48-42+. The fourth-order valence-corrected chi connectivity index (χ4v) is 7.44. The minimum absolute atomic E-state index is 0.00537. The molecule has 0 fully saturated rings. The Bertz CT molecular complexity index is 2910. The van der Waals surface area contributed by atoms with Gasteiger partial charge in [-0.15, -0.1) is 0 Å². The van der Waals surface area contributed by atoms with Gasteiger partial charge in [0.05, 0.1) is 28.4 Å². The van der Waals surface area contributed by atoms with Gasteiger partial charge in [0, 0.05) is 5.56 Å². The van der Waals surface area contributed by atoms with Gasteiger partial charge in [0.15, 0.2) is 23.0 Å². The molecule has 2 aliphatic rings. The number of hydrogen-bond acceptors (Lipinski definition) is 12. The number of ether oxygens (including phenoxy) is 8. The van der Waals surface area contributed by atoms with Crippen LogP contribution in [0.15, 0.2) is 169 Å². The highest BCUT2D eigenvalue weighted by molar-refractivity contribution is 6.28. The lowest BCUT2D eigenvalue weighted by molar-refractivity contribution is -0.135. The molecule has 320 valence electrons. The molecule has 2 heterocycles. The third kappa shape index (κ3) is 8.44. The number of carbonyl (C=O) groups excluding carboxylic acids is 4. The smallest absolute Gasteiger partial charge is 0.348 e. The number of esters is 4. The molecule has 0 N–H and O–H groups in total. The van der Waals surface area contributed by atoms with E-state index in [1.807, 2.05) is 66.7 Å². The van der Waals surface area contributed by atoms with Crippen LogP contribution >= 0.6 is 0 Å². The lowest BCUT2D eigenvalue weighted by Gasteiger charge is -2.13. The van der Waals surface area contributed by atoms with Gasteiger partial charge in [-0.2, -0.15) is 0 Å². The Labute approximate surface area is 368 Å². The summed E-state index contributed by atoms with van der Waals surface area (Å²) in [6, 6.07) is 43.3. The molecular formula is C52H40O12. The molecule has 0 saturated carbocycles. The molecule has 12 heteroatoms. The number of carbonyl (C=O) groups is 4. The Morgan fingerprint density at radius 1 is 0.500 bits per heavy atom. The van der Waals surface area contributed by atoms with Crippen molar-refractivity contribution in [3.8, 4) is 11.5 Å². The van der Waals surface area contributed by atoms with Gasteiger partial charge in [0.25, 0.3) is 0 Å². The molecule has 0 atom stereocenters. The van der Waals surface area contributed by atoms with E-state index in [0.717, 1.165) is 11.1 Å². The number of benzene rings is 6. The minimum Gasteiger partial charge on any atom is -0.492 e. The summed E-state index contributed by atoms with van der Waals surface area (Å²) in [5.41, 5.74) is 3.46. The van der Waals surface area contributed by atoms with Crippen molar-refractivity contribution in [2.75, 3.05) is 28.4 Å². The van der Waals surface area contributed by atoms with Crippen molar-refractivity contribution in [3.05, 3.63) is 202 Å². The quantitative estimate of drug-likeness (QED) is 0.0586. The largest absolute Gasteiger partial charge is 0.492 e. The molecule has 6 aromatic carbocycles. The summed E-state index contributed by atoms with van der Waals surface area (Å²) >= 11 is 0. The van der Waals surface area contributed by atoms with Crippen LogP contribution < -0.4 is 9.47 Å². The molecule has 0 aromatic heterocycles. The predicted octanol–water partition coefficient (Wildman–Crippen LogP) is 9.00. The number of fused-ring (bicyclic) bond motifs is 1. The first-order chi connectivity index (χ1) is 31.2. The van der Waals surface area contributed by atoms with Crippen LogP contribution in [0.2, 0.25) is 0 Å². The highest BCUT2D eigenvalue weighted by Crippen LogP contribution is 2.43. The summed E-state index contributed by atoms with van der Waals surface area (Å²) in [4.78, 5) is 54.6. The van der Waals surface area contributed by atoms with Gasteiger partial charge in [-0.3, -0.25) is 0 Å². The van der Waals surface area contributed by atoms with E-state index in [-0.39, 0.29) is 45.3 Å². The molecule has 0 unspecified atom stereocenters. The van der Waals surface area contributed by atoms with Crippen LogP contribution in [-0.4, -0.2) is 52.3 Å². The van der Waals surface area contributed by atoms with E-state index in [0.29, 0.717) is 57.7 Å². The van der Waals surface area contributed by atoms with E-state index in [4.69, 9.17) is 37.9 Å². The van der Waals surface area contributed by atoms with Gasteiger partial charge in [0.1, 0.15) is 47.0 Å². The normalized spacial score (nSPS) is 15.1. The Morgan fingerprint density at radius 3 is 1.44 bits per heavy atom. The zero-order valence-electron chi connectivity index (χ0n) is 35.2. The highest BCUT2D eigenvalue weighted by Gasteiger charge is 2.40. The van der Waals surface area contributed by atoms with Gasteiger partial charge >= 0.3 is 23.9 Å². The molecule has 0 saturated heterocycles. The van der Waals surface area contributed by atoms with Crippen LogP contribution in [0.4, 0.5) is 0 Å². The highest BCUT2D eigenvalue weighted by atomic mass is 16.6. The fourth-order valence-electron chi connectivity index (χ4n) is 7.44. The van der Waals surface area contributed by atoms with Gasteiger partial charge in [-0.1, -0.05) is 115 Å². The second-order valence-corrected chi connectivity index (χ2v) is 14.3. The maximum Gasteiger partial charge on any atom is 0.348 e. The molecule has 2 aliphatic heterocycles. The number of rotatable bonds is 14. The molecular weight excluding hydrogens is 817 g/mol. The lowest BCUT2D eigenvalue weighted by atomic mass is 9.93. The lowest BCUT2D eigenvalue weighted by Crippen LogP contribution is -2.09. The van der Waals surface area contributed by atoms with Gasteiger partial charge < -0.3 is 37.9 Å². The van der Waals surface area contributed by atoms with Gasteiger partial charge in [0.2, 0.25) is 0 Å². The number of cyclic esters (lactones) is 2. The molecule has 12 nitrogen and oxygen atoms in total. The van der Waals surface area contributed by atoms with Crippen molar-refractivity contribution in [1.82, 2.24) is 0 Å². The van der Waals surface area contributed by atoms with Crippen molar-refractivity contribution < 1.29 is 57.1 Å².